The average molecular weight is 297 g/mol. The molecule has 122 valence electrons. The molecule has 0 saturated carbocycles. The van der Waals surface area contributed by atoms with E-state index in [2.05, 4.69) is 36.1 Å². The Kier molecular flexibility index (Phi) is 9.30. The minimum absolute atomic E-state index is 0.401. The summed E-state index contributed by atoms with van der Waals surface area (Å²) in [6, 6.07) is 3.05. The van der Waals surface area contributed by atoms with Crippen molar-refractivity contribution < 1.29 is 9.47 Å². The van der Waals surface area contributed by atoms with Gasteiger partial charge in [0.15, 0.2) is 0 Å². The van der Waals surface area contributed by atoms with Gasteiger partial charge < -0.3 is 14.8 Å². The lowest BCUT2D eigenvalue weighted by molar-refractivity contribution is 0.0661. The second kappa shape index (κ2) is 10.8. The quantitative estimate of drug-likeness (QED) is 0.602. The van der Waals surface area contributed by atoms with Gasteiger partial charge in [-0.1, -0.05) is 13.8 Å². The van der Waals surface area contributed by atoms with Gasteiger partial charge >= 0.3 is 0 Å². The summed E-state index contributed by atoms with van der Waals surface area (Å²) >= 11 is 0. The third kappa shape index (κ3) is 6.59. The normalized spacial score (nSPS) is 13.0. The number of methoxy groups -OCH3 is 1. The molecule has 0 fully saturated rings. The lowest BCUT2D eigenvalue weighted by Crippen LogP contribution is -2.29. The maximum atomic E-state index is 5.53. The summed E-state index contributed by atoms with van der Waals surface area (Å²) in [5.41, 5.74) is 1.15. The highest BCUT2D eigenvalue weighted by Gasteiger charge is 2.12. The smallest absolute Gasteiger partial charge is 0.0700 e. The Morgan fingerprint density at radius 2 is 2.00 bits per heavy atom. The molecule has 1 rings (SSSR count). The van der Waals surface area contributed by atoms with Crippen molar-refractivity contribution in [1.29, 1.82) is 0 Å². The summed E-state index contributed by atoms with van der Waals surface area (Å²) < 4.78 is 12.6. The Balaban J connectivity index is 2.39. The zero-order valence-electron chi connectivity index (χ0n) is 14.0. The highest BCUT2D eigenvalue weighted by atomic mass is 16.5. The van der Waals surface area contributed by atoms with Crippen LogP contribution in [-0.2, 0) is 15.9 Å². The van der Waals surface area contributed by atoms with Crippen LogP contribution in [0.4, 0.5) is 0 Å². The fourth-order valence-electron chi connectivity index (χ4n) is 2.42. The van der Waals surface area contributed by atoms with Crippen LogP contribution in [0.25, 0.3) is 0 Å². The largest absolute Gasteiger partial charge is 0.382 e. The summed E-state index contributed by atoms with van der Waals surface area (Å²) in [5.74, 6) is 0. The molecule has 0 amide bonds. The van der Waals surface area contributed by atoms with Crippen molar-refractivity contribution in [2.24, 2.45) is 0 Å². The zero-order chi connectivity index (χ0) is 15.5. The molecular formula is C16H31N3O2. The van der Waals surface area contributed by atoms with Crippen molar-refractivity contribution >= 4 is 0 Å². The molecule has 0 bridgehead atoms. The van der Waals surface area contributed by atoms with Gasteiger partial charge in [-0.15, -0.1) is 0 Å². The summed E-state index contributed by atoms with van der Waals surface area (Å²) in [5, 5.41) is 8.06. The van der Waals surface area contributed by atoms with Crippen LogP contribution in [0.15, 0.2) is 12.3 Å². The van der Waals surface area contributed by atoms with Crippen molar-refractivity contribution in [2.75, 3.05) is 34.0 Å². The van der Waals surface area contributed by atoms with Crippen LogP contribution in [0.3, 0.4) is 0 Å². The summed E-state index contributed by atoms with van der Waals surface area (Å²) in [6.07, 6.45) is 6.28. The van der Waals surface area contributed by atoms with Gasteiger partial charge in [0.1, 0.15) is 0 Å². The van der Waals surface area contributed by atoms with E-state index in [1.165, 1.54) is 0 Å². The van der Waals surface area contributed by atoms with Gasteiger partial charge in [-0.2, -0.15) is 5.10 Å². The van der Waals surface area contributed by atoms with Crippen LogP contribution >= 0.6 is 0 Å². The maximum absolute atomic E-state index is 5.53. The highest BCUT2D eigenvalue weighted by molar-refractivity contribution is 5.02. The molecule has 1 atom stereocenters. The van der Waals surface area contributed by atoms with E-state index in [9.17, 15) is 0 Å². The van der Waals surface area contributed by atoms with Crippen molar-refractivity contribution in [3.63, 3.8) is 0 Å². The van der Waals surface area contributed by atoms with Crippen LogP contribution < -0.4 is 5.32 Å². The molecule has 1 unspecified atom stereocenters. The molecule has 5 nitrogen and oxygen atoms in total. The highest BCUT2D eigenvalue weighted by Crippen LogP contribution is 2.15. The molecule has 0 aliphatic rings. The molecule has 0 aromatic carbocycles. The van der Waals surface area contributed by atoms with E-state index in [0.717, 1.165) is 38.0 Å². The first-order valence-corrected chi connectivity index (χ1v) is 8.03. The summed E-state index contributed by atoms with van der Waals surface area (Å²) in [6.45, 7) is 6.50. The fraction of sp³-hybridized carbons (Fsp3) is 0.812. The Hall–Kier alpha value is -0.910. The fourth-order valence-corrected chi connectivity index (χ4v) is 2.42. The van der Waals surface area contributed by atoms with E-state index >= 15 is 0 Å². The lowest BCUT2D eigenvalue weighted by Gasteiger charge is -2.15. The number of nitrogens with zero attached hydrogens (tertiary/aromatic N) is 2. The molecule has 0 spiro atoms. The number of hydrogen-bond acceptors (Lipinski definition) is 4. The Morgan fingerprint density at radius 1 is 1.24 bits per heavy atom. The predicted molar refractivity (Wildman–Crippen MR) is 85.7 cm³/mol. The molecule has 0 aliphatic carbocycles. The first-order chi connectivity index (χ1) is 10.2. The second-order valence-electron chi connectivity index (χ2n) is 5.34. The lowest BCUT2D eigenvalue weighted by atomic mass is 10.1. The number of likely N-dealkylation sites (N-methyl/N-ethyl adjacent to an activating group) is 1. The van der Waals surface area contributed by atoms with E-state index in [-0.39, 0.29) is 0 Å². The molecule has 1 N–H and O–H groups in total. The van der Waals surface area contributed by atoms with Crippen molar-refractivity contribution in [3.8, 4) is 0 Å². The Morgan fingerprint density at radius 3 is 2.62 bits per heavy atom. The molecule has 1 heterocycles. The molecule has 0 radical (unpaired) electrons. The van der Waals surface area contributed by atoms with Crippen LogP contribution in [0, 0.1) is 0 Å². The van der Waals surface area contributed by atoms with Gasteiger partial charge in [-0.3, -0.25) is 4.68 Å². The molecular weight excluding hydrogens is 266 g/mol. The van der Waals surface area contributed by atoms with E-state index in [4.69, 9.17) is 14.6 Å². The van der Waals surface area contributed by atoms with Crippen molar-refractivity contribution in [1.82, 2.24) is 15.1 Å². The predicted octanol–water partition coefficient (Wildman–Crippen LogP) is 2.43. The summed E-state index contributed by atoms with van der Waals surface area (Å²) in [7, 11) is 3.69. The molecule has 0 aliphatic heterocycles. The topological polar surface area (TPSA) is 48.3 Å². The zero-order valence-corrected chi connectivity index (χ0v) is 14.0. The van der Waals surface area contributed by atoms with E-state index < -0.39 is 0 Å². The van der Waals surface area contributed by atoms with Crippen LogP contribution in [0.1, 0.15) is 44.8 Å². The number of aromatic nitrogens is 2. The van der Waals surface area contributed by atoms with Crippen LogP contribution in [0.2, 0.25) is 0 Å². The van der Waals surface area contributed by atoms with Gasteiger partial charge in [-0.25, -0.2) is 0 Å². The SMILES string of the molecule is CCC(CC)n1ccc(CC(CCOCCOC)NC)n1. The number of nitrogens with one attached hydrogen (secondary N) is 1. The van der Waals surface area contributed by atoms with Gasteiger partial charge in [-0.05, 0) is 32.4 Å². The number of ether oxygens (including phenoxy) is 2. The molecule has 0 saturated heterocycles. The maximum Gasteiger partial charge on any atom is 0.0700 e. The third-order valence-electron chi connectivity index (χ3n) is 3.89. The molecule has 1 aromatic heterocycles. The molecule has 5 heteroatoms. The van der Waals surface area contributed by atoms with Gasteiger partial charge in [0.2, 0.25) is 0 Å². The minimum atomic E-state index is 0.401. The number of rotatable bonds is 12. The molecule has 21 heavy (non-hydrogen) atoms. The van der Waals surface area contributed by atoms with E-state index in [0.29, 0.717) is 25.3 Å². The molecule has 1 aromatic rings. The minimum Gasteiger partial charge on any atom is -0.382 e. The van der Waals surface area contributed by atoms with Gasteiger partial charge in [0, 0.05) is 32.4 Å². The van der Waals surface area contributed by atoms with Crippen LogP contribution in [-0.4, -0.2) is 49.8 Å². The van der Waals surface area contributed by atoms with Gasteiger partial charge in [0.05, 0.1) is 24.9 Å². The summed E-state index contributed by atoms with van der Waals surface area (Å²) in [4.78, 5) is 0. The van der Waals surface area contributed by atoms with E-state index in [1.807, 2.05) is 7.05 Å². The second-order valence-corrected chi connectivity index (χ2v) is 5.34. The van der Waals surface area contributed by atoms with Crippen LogP contribution in [0.5, 0.6) is 0 Å². The monoisotopic (exact) mass is 297 g/mol. The van der Waals surface area contributed by atoms with Crippen molar-refractivity contribution in [3.05, 3.63) is 18.0 Å². The first kappa shape index (κ1) is 18.1. The average Bonchev–Trinajstić information content (AvgIpc) is 2.95. The number of hydrogen-bond donors (Lipinski definition) is 1. The Bertz CT molecular complexity index is 364. The van der Waals surface area contributed by atoms with Crippen molar-refractivity contribution in [2.45, 2.75) is 51.6 Å². The first-order valence-electron chi connectivity index (χ1n) is 8.03. The van der Waals surface area contributed by atoms with Gasteiger partial charge in [0.25, 0.3) is 0 Å². The standard InChI is InChI=1S/C16H31N3O2/c1-5-16(6-2)19-9-7-15(18-19)13-14(17-3)8-10-21-12-11-20-4/h7,9,14,16-17H,5-6,8,10-13H2,1-4H3. The Labute approximate surface area is 129 Å². The third-order valence-corrected chi connectivity index (χ3v) is 3.89. The van der Waals surface area contributed by atoms with E-state index in [1.54, 1.807) is 7.11 Å².